The molecule has 2 rings (SSSR count). The molecular formula is C12H16Cl2N2O2S. The number of sulfonamides is 1. The van der Waals surface area contributed by atoms with E-state index in [-0.39, 0.29) is 20.6 Å². The molecule has 1 aromatic carbocycles. The van der Waals surface area contributed by atoms with Crippen LogP contribution in [-0.2, 0) is 10.0 Å². The van der Waals surface area contributed by atoms with Gasteiger partial charge < -0.3 is 5.73 Å². The first-order chi connectivity index (χ1) is 8.75. The van der Waals surface area contributed by atoms with Gasteiger partial charge in [0, 0.05) is 5.54 Å². The van der Waals surface area contributed by atoms with Gasteiger partial charge in [0.2, 0.25) is 10.0 Å². The SMILES string of the molecule is CC1(NS(=O)(=O)c2ccc(Cl)c(N)c2Cl)CCCC1. The molecule has 0 aromatic heterocycles. The van der Waals surface area contributed by atoms with E-state index in [0.29, 0.717) is 0 Å². The van der Waals surface area contributed by atoms with Crippen LogP contribution in [0.1, 0.15) is 32.6 Å². The van der Waals surface area contributed by atoms with E-state index in [2.05, 4.69) is 4.72 Å². The van der Waals surface area contributed by atoms with E-state index in [1.807, 2.05) is 6.92 Å². The number of anilines is 1. The fourth-order valence-electron chi connectivity index (χ4n) is 2.39. The number of hydrogen-bond donors (Lipinski definition) is 2. The van der Waals surface area contributed by atoms with Crippen LogP contribution in [0.2, 0.25) is 10.0 Å². The minimum atomic E-state index is -3.69. The number of rotatable bonds is 3. The van der Waals surface area contributed by atoms with Crippen molar-refractivity contribution in [2.45, 2.75) is 43.0 Å². The molecule has 0 heterocycles. The Bertz CT molecular complexity index is 596. The van der Waals surface area contributed by atoms with Gasteiger partial charge in [-0.05, 0) is 31.9 Å². The lowest BCUT2D eigenvalue weighted by Crippen LogP contribution is -2.43. The number of nitrogen functional groups attached to an aromatic ring is 1. The Hall–Kier alpha value is -0.490. The zero-order valence-electron chi connectivity index (χ0n) is 10.5. The molecule has 0 bridgehead atoms. The highest BCUT2D eigenvalue weighted by Crippen LogP contribution is 2.35. The zero-order valence-corrected chi connectivity index (χ0v) is 12.9. The molecule has 19 heavy (non-hydrogen) atoms. The van der Waals surface area contributed by atoms with E-state index in [0.717, 1.165) is 25.7 Å². The van der Waals surface area contributed by atoms with Gasteiger partial charge in [0.25, 0.3) is 0 Å². The first-order valence-corrected chi connectivity index (χ1v) is 8.27. The third kappa shape index (κ3) is 2.99. The first-order valence-electron chi connectivity index (χ1n) is 6.03. The minimum absolute atomic E-state index is 0.0239. The second-order valence-electron chi connectivity index (χ2n) is 5.15. The summed E-state index contributed by atoms with van der Waals surface area (Å²) >= 11 is 11.8. The lowest BCUT2D eigenvalue weighted by atomic mass is 10.0. The van der Waals surface area contributed by atoms with E-state index in [9.17, 15) is 8.42 Å². The topological polar surface area (TPSA) is 72.2 Å². The fourth-order valence-corrected chi connectivity index (χ4v) is 4.62. The van der Waals surface area contributed by atoms with E-state index in [4.69, 9.17) is 28.9 Å². The molecule has 1 saturated carbocycles. The largest absolute Gasteiger partial charge is 0.396 e. The van der Waals surface area contributed by atoms with Gasteiger partial charge in [0.05, 0.1) is 15.7 Å². The Morgan fingerprint density at radius 1 is 1.26 bits per heavy atom. The summed E-state index contributed by atoms with van der Waals surface area (Å²) in [5.41, 5.74) is 5.34. The highest BCUT2D eigenvalue weighted by atomic mass is 35.5. The Balaban J connectivity index is 2.37. The molecule has 4 nitrogen and oxygen atoms in total. The Kier molecular flexibility index (Phi) is 4.02. The minimum Gasteiger partial charge on any atom is -0.396 e. The van der Waals surface area contributed by atoms with E-state index < -0.39 is 15.6 Å². The summed E-state index contributed by atoms with van der Waals surface area (Å²) < 4.78 is 27.5. The lowest BCUT2D eigenvalue weighted by molar-refractivity contribution is 0.427. The summed E-state index contributed by atoms with van der Waals surface area (Å²) in [7, 11) is -3.69. The third-order valence-corrected chi connectivity index (χ3v) is 6.00. The predicted octanol–water partition coefficient (Wildman–Crippen LogP) is 3.19. The number of nitrogens with two attached hydrogens (primary N) is 1. The molecular weight excluding hydrogens is 307 g/mol. The maximum Gasteiger partial charge on any atom is 0.242 e. The van der Waals surface area contributed by atoms with Gasteiger partial charge in [0.15, 0.2) is 0 Å². The van der Waals surface area contributed by atoms with Gasteiger partial charge in [-0.1, -0.05) is 36.0 Å². The monoisotopic (exact) mass is 322 g/mol. The van der Waals surface area contributed by atoms with Crippen molar-refractivity contribution >= 4 is 38.9 Å². The summed E-state index contributed by atoms with van der Waals surface area (Å²) in [5.74, 6) is 0. The average molecular weight is 323 g/mol. The van der Waals surface area contributed by atoms with Gasteiger partial charge in [0.1, 0.15) is 4.90 Å². The molecule has 0 saturated heterocycles. The van der Waals surface area contributed by atoms with Crippen molar-refractivity contribution in [3.05, 3.63) is 22.2 Å². The standard InChI is InChI=1S/C12H16Cl2N2O2S/c1-12(6-2-3-7-12)16-19(17,18)9-5-4-8(13)11(15)10(9)14/h4-5,16H,2-3,6-7,15H2,1H3. The van der Waals surface area contributed by atoms with Crippen molar-refractivity contribution in [1.29, 1.82) is 0 Å². The molecule has 1 fully saturated rings. The molecule has 1 aliphatic rings. The zero-order chi connectivity index (χ0) is 14.3. The van der Waals surface area contributed by atoms with Crippen LogP contribution < -0.4 is 10.5 Å². The number of nitrogens with one attached hydrogen (secondary N) is 1. The van der Waals surface area contributed by atoms with Crippen LogP contribution in [0, 0.1) is 0 Å². The third-order valence-electron chi connectivity index (χ3n) is 3.47. The molecule has 0 spiro atoms. The molecule has 7 heteroatoms. The van der Waals surface area contributed by atoms with Crippen LogP contribution in [0.15, 0.2) is 17.0 Å². The Morgan fingerprint density at radius 3 is 2.42 bits per heavy atom. The van der Waals surface area contributed by atoms with Crippen LogP contribution in [0.25, 0.3) is 0 Å². The van der Waals surface area contributed by atoms with Gasteiger partial charge in [-0.3, -0.25) is 0 Å². The molecule has 0 aliphatic heterocycles. The van der Waals surface area contributed by atoms with Crippen molar-refractivity contribution in [3.63, 3.8) is 0 Å². The summed E-state index contributed by atoms with van der Waals surface area (Å²) in [6.45, 7) is 1.91. The molecule has 0 atom stereocenters. The first kappa shape index (κ1) is 14.9. The molecule has 106 valence electrons. The van der Waals surface area contributed by atoms with E-state index in [1.165, 1.54) is 12.1 Å². The highest BCUT2D eigenvalue weighted by Gasteiger charge is 2.34. The Morgan fingerprint density at radius 2 is 1.84 bits per heavy atom. The second kappa shape index (κ2) is 5.13. The maximum absolute atomic E-state index is 12.4. The number of hydrogen-bond acceptors (Lipinski definition) is 3. The van der Waals surface area contributed by atoms with Crippen LogP contribution in [0.3, 0.4) is 0 Å². The molecule has 1 aromatic rings. The van der Waals surface area contributed by atoms with Crippen LogP contribution in [-0.4, -0.2) is 14.0 Å². The van der Waals surface area contributed by atoms with Crippen molar-refractivity contribution in [1.82, 2.24) is 4.72 Å². The molecule has 0 unspecified atom stereocenters. The Labute approximate surface area is 123 Å². The molecule has 0 amide bonds. The van der Waals surface area contributed by atoms with Gasteiger partial charge in [-0.25, -0.2) is 13.1 Å². The van der Waals surface area contributed by atoms with Gasteiger partial charge in [-0.15, -0.1) is 0 Å². The highest BCUT2D eigenvalue weighted by molar-refractivity contribution is 7.89. The van der Waals surface area contributed by atoms with Crippen molar-refractivity contribution in [2.75, 3.05) is 5.73 Å². The molecule has 0 radical (unpaired) electrons. The number of halogens is 2. The number of benzene rings is 1. The summed E-state index contributed by atoms with van der Waals surface area (Å²) in [4.78, 5) is -0.0239. The van der Waals surface area contributed by atoms with Crippen molar-refractivity contribution in [3.8, 4) is 0 Å². The van der Waals surface area contributed by atoms with Crippen molar-refractivity contribution in [2.24, 2.45) is 0 Å². The van der Waals surface area contributed by atoms with Crippen LogP contribution >= 0.6 is 23.2 Å². The maximum atomic E-state index is 12.4. The summed E-state index contributed by atoms with van der Waals surface area (Å²) in [5, 5.41) is 0.220. The predicted molar refractivity (Wildman–Crippen MR) is 78.1 cm³/mol. The van der Waals surface area contributed by atoms with Crippen LogP contribution in [0.4, 0.5) is 5.69 Å². The van der Waals surface area contributed by atoms with Crippen molar-refractivity contribution < 1.29 is 8.42 Å². The normalized spacial score (nSPS) is 18.7. The lowest BCUT2D eigenvalue weighted by Gasteiger charge is -2.25. The molecule has 1 aliphatic carbocycles. The fraction of sp³-hybridized carbons (Fsp3) is 0.500. The van der Waals surface area contributed by atoms with Crippen LogP contribution in [0.5, 0.6) is 0 Å². The van der Waals surface area contributed by atoms with Gasteiger partial charge in [-0.2, -0.15) is 0 Å². The smallest absolute Gasteiger partial charge is 0.242 e. The summed E-state index contributed by atoms with van der Waals surface area (Å²) in [6.07, 6.45) is 3.70. The second-order valence-corrected chi connectivity index (χ2v) is 7.58. The molecule has 3 N–H and O–H groups in total. The quantitative estimate of drug-likeness (QED) is 0.839. The van der Waals surface area contributed by atoms with E-state index >= 15 is 0 Å². The van der Waals surface area contributed by atoms with Gasteiger partial charge >= 0.3 is 0 Å². The summed E-state index contributed by atoms with van der Waals surface area (Å²) in [6, 6.07) is 2.82. The van der Waals surface area contributed by atoms with E-state index in [1.54, 1.807) is 0 Å². The average Bonchev–Trinajstić information content (AvgIpc) is 2.71.